The summed E-state index contributed by atoms with van der Waals surface area (Å²) in [6.45, 7) is 6.58. The van der Waals surface area contributed by atoms with E-state index in [9.17, 15) is 0 Å². The Balaban J connectivity index is 1.91. The van der Waals surface area contributed by atoms with Crippen LogP contribution in [0.3, 0.4) is 0 Å². The molecule has 90 valence electrons. The first-order valence-corrected chi connectivity index (χ1v) is 6.47. The lowest BCUT2D eigenvalue weighted by molar-refractivity contribution is 0.357. The molecule has 0 bridgehead atoms. The van der Waals surface area contributed by atoms with E-state index >= 15 is 0 Å². The highest BCUT2D eigenvalue weighted by Gasteiger charge is 2.27. The van der Waals surface area contributed by atoms with Gasteiger partial charge >= 0.3 is 0 Å². The molecule has 0 radical (unpaired) electrons. The van der Waals surface area contributed by atoms with Gasteiger partial charge in [-0.15, -0.1) is 0 Å². The van der Waals surface area contributed by atoms with Crippen molar-refractivity contribution in [3.63, 3.8) is 0 Å². The largest absolute Gasteiger partial charge is 0.333 e. The van der Waals surface area contributed by atoms with Gasteiger partial charge in [-0.2, -0.15) is 0 Å². The van der Waals surface area contributed by atoms with E-state index in [1.165, 1.54) is 37.8 Å². The summed E-state index contributed by atoms with van der Waals surface area (Å²) in [6, 6.07) is 0. The van der Waals surface area contributed by atoms with Crippen molar-refractivity contribution in [2.24, 2.45) is 0 Å². The van der Waals surface area contributed by atoms with Crippen molar-refractivity contribution < 1.29 is 0 Å². The van der Waals surface area contributed by atoms with Crippen LogP contribution in [0.2, 0.25) is 0 Å². The molecule has 1 aliphatic rings. The predicted molar refractivity (Wildman–Crippen MR) is 66.2 cm³/mol. The monoisotopic (exact) mass is 221 g/mol. The number of hydrogen-bond acceptors (Lipinski definition) is 2. The molecular formula is C13H23N3. The smallest absolute Gasteiger partial charge is 0.0948 e. The highest BCUT2D eigenvalue weighted by molar-refractivity contribution is 5.00. The fourth-order valence-corrected chi connectivity index (χ4v) is 2.57. The first-order valence-electron chi connectivity index (χ1n) is 6.47. The molecule has 0 aliphatic heterocycles. The minimum Gasteiger partial charge on any atom is -0.333 e. The molecule has 1 heterocycles. The summed E-state index contributed by atoms with van der Waals surface area (Å²) in [6.07, 6.45) is 10.5. The molecular weight excluding hydrogens is 198 g/mol. The Morgan fingerprint density at radius 1 is 1.44 bits per heavy atom. The zero-order valence-electron chi connectivity index (χ0n) is 10.5. The molecule has 3 heteroatoms. The molecule has 0 unspecified atom stereocenters. The molecule has 16 heavy (non-hydrogen) atoms. The highest BCUT2D eigenvalue weighted by atomic mass is 15.1. The quantitative estimate of drug-likeness (QED) is 0.828. The third kappa shape index (κ3) is 2.64. The number of nitrogens with zero attached hydrogens (tertiary/aromatic N) is 2. The second kappa shape index (κ2) is 5.00. The van der Waals surface area contributed by atoms with Gasteiger partial charge in [0.25, 0.3) is 0 Å². The normalized spacial score (nSPS) is 19.1. The number of aromatic nitrogens is 2. The third-order valence-corrected chi connectivity index (χ3v) is 3.67. The van der Waals surface area contributed by atoms with Gasteiger partial charge in [-0.05, 0) is 26.2 Å². The van der Waals surface area contributed by atoms with Crippen LogP contribution in [0.1, 0.15) is 51.6 Å². The van der Waals surface area contributed by atoms with Gasteiger partial charge in [0.2, 0.25) is 0 Å². The summed E-state index contributed by atoms with van der Waals surface area (Å²) in [7, 11) is 0. The van der Waals surface area contributed by atoms with E-state index in [2.05, 4.69) is 28.7 Å². The zero-order valence-corrected chi connectivity index (χ0v) is 10.5. The topological polar surface area (TPSA) is 29.9 Å². The summed E-state index contributed by atoms with van der Waals surface area (Å²) >= 11 is 0. The lowest BCUT2D eigenvalue weighted by Crippen LogP contribution is -2.39. The van der Waals surface area contributed by atoms with E-state index in [1.54, 1.807) is 0 Å². The molecule has 0 saturated heterocycles. The molecule has 0 aromatic carbocycles. The maximum atomic E-state index is 4.23. The van der Waals surface area contributed by atoms with Crippen molar-refractivity contribution >= 4 is 0 Å². The third-order valence-electron chi connectivity index (χ3n) is 3.67. The fourth-order valence-electron chi connectivity index (χ4n) is 2.57. The van der Waals surface area contributed by atoms with Gasteiger partial charge in [-0.3, -0.25) is 0 Å². The second-order valence-corrected chi connectivity index (χ2v) is 5.20. The molecule has 0 spiro atoms. The van der Waals surface area contributed by atoms with Crippen LogP contribution < -0.4 is 5.32 Å². The van der Waals surface area contributed by atoms with Crippen molar-refractivity contribution in [3.05, 3.63) is 18.2 Å². The van der Waals surface area contributed by atoms with Gasteiger partial charge in [-0.25, -0.2) is 4.98 Å². The molecule has 1 aromatic heterocycles. The van der Waals surface area contributed by atoms with Crippen molar-refractivity contribution in [1.82, 2.24) is 14.9 Å². The Kier molecular flexibility index (Phi) is 3.64. The summed E-state index contributed by atoms with van der Waals surface area (Å²) in [5.41, 5.74) is 1.68. The molecule has 3 nitrogen and oxygen atoms in total. The average Bonchev–Trinajstić information content (AvgIpc) is 2.86. The first-order chi connectivity index (χ1) is 7.73. The predicted octanol–water partition coefficient (Wildman–Crippen LogP) is 2.72. The van der Waals surface area contributed by atoms with Crippen LogP contribution in [0.25, 0.3) is 0 Å². The molecule has 0 atom stereocenters. The first kappa shape index (κ1) is 11.6. The summed E-state index contributed by atoms with van der Waals surface area (Å²) in [4.78, 5) is 4.23. The Bertz CT molecular complexity index is 324. The molecule has 0 amide bonds. The number of aryl methyl sites for hydroxylation is 1. The zero-order chi connectivity index (χ0) is 11.4. The van der Waals surface area contributed by atoms with E-state index < -0.39 is 0 Å². The Morgan fingerprint density at radius 3 is 2.88 bits per heavy atom. The van der Waals surface area contributed by atoms with E-state index in [-0.39, 0.29) is 0 Å². The van der Waals surface area contributed by atoms with E-state index in [0.717, 1.165) is 13.1 Å². The molecule has 2 rings (SSSR count). The van der Waals surface area contributed by atoms with Crippen LogP contribution in [0.15, 0.2) is 12.5 Å². The Hall–Kier alpha value is -0.830. The molecule has 1 aromatic rings. The van der Waals surface area contributed by atoms with Crippen LogP contribution >= 0.6 is 0 Å². The number of imidazole rings is 1. The summed E-state index contributed by atoms with van der Waals surface area (Å²) < 4.78 is 2.26. The van der Waals surface area contributed by atoms with Crippen LogP contribution in [0.5, 0.6) is 0 Å². The van der Waals surface area contributed by atoms with Gasteiger partial charge in [0.1, 0.15) is 0 Å². The van der Waals surface area contributed by atoms with Gasteiger partial charge in [0.15, 0.2) is 0 Å². The van der Waals surface area contributed by atoms with Crippen molar-refractivity contribution in [3.8, 4) is 0 Å². The van der Waals surface area contributed by atoms with E-state index in [0.29, 0.717) is 5.54 Å². The molecule has 1 saturated carbocycles. The van der Waals surface area contributed by atoms with Crippen LogP contribution in [-0.4, -0.2) is 15.1 Å². The van der Waals surface area contributed by atoms with E-state index in [1.807, 2.05) is 12.5 Å². The van der Waals surface area contributed by atoms with Gasteiger partial charge in [-0.1, -0.05) is 19.8 Å². The molecule has 1 aliphatic carbocycles. The number of rotatable bonds is 5. The van der Waals surface area contributed by atoms with Gasteiger partial charge in [0.05, 0.1) is 12.0 Å². The maximum Gasteiger partial charge on any atom is 0.0948 e. The van der Waals surface area contributed by atoms with Crippen LogP contribution in [-0.2, 0) is 13.1 Å². The Morgan fingerprint density at radius 2 is 2.19 bits per heavy atom. The summed E-state index contributed by atoms with van der Waals surface area (Å²) in [5.74, 6) is 0. The minimum absolute atomic E-state index is 0.362. The average molecular weight is 221 g/mol. The second-order valence-electron chi connectivity index (χ2n) is 5.20. The maximum absolute atomic E-state index is 4.23. The Labute approximate surface area is 98.3 Å². The lowest BCUT2D eigenvalue weighted by atomic mass is 10.0. The van der Waals surface area contributed by atoms with Crippen molar-refractivity contribution in [1.29, 1.82) is 0 Å². The number of nitrogens with one attached hydrogen (secondary N) is 1. The van der Waals surface area contributed by atoms with Gasteiger partial charge in [0, 0.05) is 24.8 Å². The minimum atomic E-state index is 0.362. The van der Waals surface area contributed by atoms with Crippen LogP contribution in [0.4, 0.5) is 0 Å². The molecule has 1 N–H and O–H groups in total. The highest BCUT2D eigenvalue weighted by Crippen LogP contribution is 2.29. The fraction of sp³-hybridized carbons (Fsp3) is 0.769. The summed E-state index contributed by atoms with van der Waals surface area (Å²) in [5, 5.41) is 3.70. The number of hydrogen-bond donors (Lipinski definition) is 1. The standard InChI is InChI=1S/C13H23N3/c1-3-8-16-11-14-9-12(16)10-15-13(2)6-4-5-7-13/h9,11,15H,3-8,10H2,1-2H3. The lowest BCUT2D eigenvalue weighted by Gasteiger charge is -2.25. The van der Waals surface area contributed by atoms with Crippen molar-refractivity contribution in [2.75, 3.05) is 0 Å². The van der Waals surface area contributed by atoms with Crippen LogP contribution in [0, 0.1) is 0 Å². The van der Waals surface area contributed by atoms with Gasteiger partial charge < -0.3 is 9.88 Å². The van der Waals surface area contributed by atoms with E-state index in [4.69, 9.17) is 0 Å². The SMILES string of the molecule is CCCn1cncc1CNC1(C)CCCC1. The molecule has 1 fully saturated rings. The van der Waals surface area contributed by atoms with Crippen molar-refractivity contribution in [2.45, 2.75) is 64.6 Å².